The molecular weight excluding hydrogens is 300 g/mol. The standard InChI is InChI=1S/C15H26N4O2S/c1-11(2)19-22(20,21)13-8-6-7-12(9-13)10-17-14(16)18-15(3,4)5/h6-9,11,19H,10H2,1-5H3,(H3,16,17,18). The Labute approximate surface area is 133 Å². The first-order valence-corrected chi connectivity index (χ1v) is 8.67. The number of guanidine groups is 1. The summed E-state index contributed by atoms with van der Waals surface area (Å²) in [7, 11) is -3.49. The average Bonchev–Trinajstić information content (AvgIpc) is 2.33. The third kappa shape index (κ3) is 6.44. The predicted molar refractivity (Wildman–Crippen MR) is 90.1 cm³/mol. The van der Waals surface area contributed by atoms with Crippen molar-refractivity contribution in [2.24, 2.45) is 10.7 Å². The number of aliphatic imine (C=N–C) groups is 1. The second-order valence-corrected chi connectivity index (χ2v) is 8.21. The van der Waals surface area contributed by atoms with E-state index in [2.05, 4.69) is 15.0 Å². The molecule has 0 spiro atoms. The van der Waals surface area contributed by atoms with Crippen LogP contribution < -0.4 is 15.8 Å². The molecule has 124 valence electrons. The lowest BCUT2D eigenvalue weighted by Crippen LogP contribution is -2.44. The summed E-state index contributed by atoms with van der Waals surface area (Å²) in [5.41, 5.74) is 6.42. The van der Waals surface area contributed by atoms with E-state index in [4.69, 9.17) is 5.73 Å². The molecule has 0 amide bonds. The maximum absolute atomic E-state index is 12.1. The molecule has 0 aliphatic carbocycles. The highest BCUT2D eigenvalue weighted by Crippen LogP contribution is 2.13. The molecule has 1 aromatic carbocycles. The first-order chi connectivity index (χ1) is 9.99. The first-order valence-electron chi connectivity index (χ1n) is 7.19. The Kier molecular flexibility index (Phi) is 5.96. The van der Waals surface area contributed by atoms with E-state index in [0.717, 1.165) is 5.56 Å². The quantitative estimate of drug-likeness (QED) is 0.565. The van der Waals surface area contributed by atoms with Gasteiger partial charge >= 0.3 is 0 Å². The molecule has 22 heavy (non-hydrogen) atoms. The third-order valence-electron chi connectivity index (χ3n) is 2.53. The predicted octanol–water partition coefficient (Wildman–Crippen LogP) is 1.58. The van der Waals surface area contributed by atoms with Crippen molar-refractivity contribution in [2.75, 3.05) is 0 Å². The van der Waals surface area contributed by atoms with Crippen molar-refractivity contribution in [2.45, 2.75) is 57.6 Å². The van der Waals surface area contributed by atoms with Gasteiger partial charge in [0.1, 0.15) is 0 Å². The summed E-state index contributed by atoms with van der Waals surface area (Å²) >= 11 is 0. The van der Waals surface area contributed by atoms with Gasteiger partial charge in [-0.25, -0.2) is 18.1 Å². The van der Waals surface area contributed by atoms with Crippen LogP contribution in [0.15, 0.2) is 34.2 Å². The van der Waals surface area contributed by atoms with Crippen LogP contribution >= 0.6 is 0 Å². The molecule has 4 N–H and O–H groups in total. The number of hydrogen-bond donors (Lipinski definition) is 3. The fourth-order valence-electron chi connectivity index (χ4n) is 1.79. The van der Waals surface area contributed by atoms with Gasteiger partial charge in [0.2, 0.25) is 10.0 Å². The summed E-state index contributed by atoms with van der Waals surface area (Å²) in [6.07, 6.45) is 0. The van der Waals surface area contributed by atoms with Crippen molar-refractivity contribution in [3.05, 3.63) is 29.8 Å². The molecule has 6 nitrogen and oxygen atoms in total. The Morgan fingerprint density at radius 3 is 2.50 bits per heavy atom. The van der Waals surface area contributed by atoms with Gasteiger partial charge in [-0.15, -0.1) is 0 Å². The lowest BCUT2D eigenvalue weighted by molar-refractivity contribution is 0.508. The minimum absolute atomic E-state index is 0.154. The normalized spacial score (nSPS) is 13.5. The zero-order valence-corrected chi connectivity index (χ0v) is 14.7. The lowest BCUT2D eigenvalue weighted by Gasteiger charge is -2.21. The molecule has 0 bridgehead atoms. The summed E-state index contributed by atoms with van der Waals surface area (Å²) in [5, 5.41) is 3.06. The molecule has 0 saturated heterocycles. The Morgan fingerprint density at radius 1 is 1.32 bits per heavy atom. The van der Waals surface area contributed by atoms with Gasteiger partial charge in [0.05, 0.1) is 11.4 Å². The van der Waals surface area contributed by atoms with Crippen molar-refractivity contribution < 1.29 is 8.42 Å². The number of sulfonamides is 1. The molecule has 0 heterocycles. The second kappa shape index (κ2) is 7.11. The van der Waals surface area contributed by atoms with E-state index in [-0.39, 0.29) is 16.5 Å². The summed E-state index contributed by atoms with van der Waals surface area (Å²) < 4.78 is 26.8. The van der Waals surface area contributed by atoms with Crippen LogP contribution in [0.2, 0.25) is 0 Å². The number of nitrogens with one attached hydrogen (secondary N) is 2. The molecule has 0 atom stereocenters. The SMILES string of the molecule is CC(C)NS(=O)(=O)c1cccc(CN=C(N)NC(C)(C)C)c1. The minimum atomic E-state index is -3.49. The molecule has 1 rings (SSSR count). The van der Waals surface area contributed by atoms with E-state index in [1.54, 1.807) is 32.0 Å². The molecule has 0 fully saturated rings. The molecule has 0 aliphatic rings. The zero-order valence-electron chi connectivity index (χ0n) is 13.8. The summed E-state index contributed by atoms with van der Waals surface area (Å²) in [5.74, 6) is 0.334. The van der Waals surface area contributed by atoms with E-state index in [1.165, 1.54) is 0 Å². The maximum atomic E-state index is 12.1. The van der Waals surface area contributed by atoms with Gasteiger partial charge in [0, 0.05) is 11.6 Å². The number of nitrogens with two attached hydrogens (primary N) is 1. The molecular formula is C15H26N4O2S. The summed E-state index contributed by atoms with van der Waals surface area (Å²) in [6, 6.07) is 6.54. The number of rotatable bonds is 5. The van der Waals surface area contributed by atoms with Crippen LogP contribution in [-0.2, 0) is 16.6 Å². The fourth-order valence-corrected chi connectivity index (χ4v) is 3.11. The van der Waals surface area contributed by atoms with Gasteiger partial charge in [-0.1, -0.05) is 12.1 Å². The fraction of sp³-hybridized carbons (Fsp3) is 0.533. The first kappa shape index (κ1) is 18.4. The molecule has 0 saturated carbocycles. The Morgan fingerprint density at radius 2 is 1.95 bits per heavy atom. The van der Waals surface area contributed by atoms with Crippen LogP contribution in [-0.4, -0.2) is 26.0 Å². The van der Waals surface area contributed by atoms with Crippen molar-refractivity contribution in [3.63, 3.8) is 0 Å². The largest absolute Gasteiger partial charge is 0.370 e. The van der Waals surface area contributed by atoms with E-state index in [1.807, 2.05) is 26.8 Å². The van der Waals surface area contributed by atoms with Gasteiger partial charge in [0.25, 0.3) is 0 Å². The minimum Gasteiger partial charge on any atom is -0.370 e. The van der Waals surface area contributed by atoms with Crippen LogP contribution in [0.1, 0.15) is 40.2 Å². The number of nitrogens with zero attached hydrogens (tertiary/aromatic N) is 1. The highest BCUT2D eigenvalue weighted by molar-refractivity contribution is 7.89. The number of hydrogen-bond acceptors (Lipinski definition) is 3. The highest BCUT2D eigenvalue weighted by atomic mass is 32.2. The van der Waals surface area contributed by atoms with Crippen LogP contribution in [0.25, 0.3) is 0 Å². The van der Waals surface area contributed by atoms with Crippen LogP contribution in [0.5, 0.6) is 0 Å². The van der Waals surface area contributed by atoms with E-state index >= 15 is 0 Å². The van der Waals surface area contributed by atoms with Crippen LogP contribution in [0.3, 0.4) is 0 Å². The molecule has 0 unspecified atom stereocenters. The van der Waals surface area contributed by atoms with E-state index in [9.17, 15) is 8.42 Å². The van der Waals surface area contributed by atoms with Crippen molar-refractivity contribution in [1.29, 1.82) is 0 Å². The summed E-state index contributed by atoms with van der Waals surface area (Å²) in [4.78, 5) is 4.46. The van der Waals surface area contributed by atoms with Crippen molar-refractivity contribution >= 4 is 16.0 Å². The van der Waals surface area contributed by atoms with Gasteiger partial charge in [0.15, 0.2) is 5.96 Å². The summed E-state index contributed by atoms with van der Waals surface area (Å²) in [6.45, 7) is 9.84. The second-order valence-electron chi connectivity index (χ2n) is 6.50. The Balaban J connectivity index is 2.87. The van der Waals surface area contributed by atoms with Crippen molar-refractivity contribution in [3.8, 4) is 0 Å². The van der Waals surface area contributed by atoms with Gasteiger partial charge in [-0.3, -0.25) is 0 Å². The highest BCUT2D eigenvalue weighted by Gasteiger charge is 2.15. The monoisotopic (exact) mass is 326 g/mol. The molecule has 0 aromatic heterocycles. The van der Waals surface area contributed by atoms with Gasteiger partial charge in [-0.2, -0.15) is 0 Å². The Bertz CT molecular complexity index is 631. The topological polar surface area (TPSA) is 96.6 Å². The van der Waals surface area contributed by atoms with Crippen LogP contribution in [0.4, 0.5) is 0 Å². The van der Waals surface area contributed by atoms with Gasteiger partial charge < -0.3 is 11.1 Å². The molecule has 0 radical (unpaired) electrons. The zero-order chi connectivity index (χ0) is 17.0. The number of benzene rings is 1. The maximum Gasteiger partial charge on any atom is 0.240 e. The Hall–Kier alpha value is -1.60. The average molecular weight is 326 g/mol. The van der Waals surface area contributed by atoms with Crippen LogP contribution in [0, 0.1) is 0 Å². The molecule has 1 aromatic rings. The van der Waals surface area contributed by atoms with E-state index in [0.29, 0.717) is 12.5 Å². The van der Waals surface area contributed by atoms with E-state index < -0.39 is 10.0 Å². The lowest BCUT2D eigenvalue weighted by atomic mass is 10.1. The molecule has 0 aliphatic heterocycles. The smallest absolute Gasteiger partial charge is 0.240 e. The molecule has 7 heteroatoms. The third-order valence-corrected chi connectivity index (χ3v) is 4.19. The van der Waals surface area contributed by atoms with Gasteiger partial charge in [-0.05, 0) is 52.3 Å². The van der Waals surface area contributed by atoms with Crippen molar-refractivity contribution in [1.82, 2.24) is 10.0 Å².